The molecule has 0 aromatic carbocycles. The van der Waals surface area contributed by atoms with E-state index in [1.165, 1.54) is 12.8 Å². The predicted octanol–water partition coefficient (Wildman–Crippen LogP) is 2.09. The van der Waals surface area contributed by atoms with Crippen LogP contribution in [-0.2, 0) is 17.8 Å². The zero-order chi connectivity index (χ0) is 13.1. The van der Waals surface area contributed by atoms with Gasteiger partial charge in [-0.2, -0.15) is 5.10 Å². The topological polar surface area (TPSA) is 46.9 Å². The monoisotopic (exact) mass is 313 g/mol. The molecule has 5 heteroatoms. The number of rotatable bonds is 7. The molecule has 0 aliphatic heterocycles. The van der Waals surface area contributed by atoms with Crippen LogP contribution < -0.4 is 5.32 Å². The Kier molecular flexibility index (Phi) is 4.56. The first-order valence-electron chi connectivity index (χ1n) is 6.56. The third kappa shape index (κ3) is 3.42. The van der Waals surface area contributed by atoms with Gasteiger partial charge in [0.1, 0.15) is 0 Å². The molecule has 1 aromatic heterocycles. The van der Waals surface area contributed by atoms with E-state index in [-0.39, 0.29) is 5.78 Å². The lowest BCUT2D eigenvalue weighted by molar-refractivity contribution is -0.117. The molecule has 18 heavy (non-hydrogen) atoms. The van der Waals surface area contributed by atoms with Crippen LogP contribution in [0.3, 0.4) is 0 Å². The van der Waals surface area contributed by atoms with E-state index in [4.69, 9.17) is 0 Å². The Hall–Kier alpha value is -0.680. The van der Waals surface area contributed by atoms with Gasteiger partial charge in [-0.05, 0) is 55.1 Å². The first-order valence-corrected chi connectivity index (χ1v) is 7.35. The lowest BCUT2D eigenvalue weighted by Crippen LogP contribution is -2.26. The fraction of sp³-hybridized carbons (Fsp3) is 0.692. The van der Waals surface area contributed by atoms with Crippen molar-refractivity contribution in [3.8, 4) is 0 Å². The number of carbonyl (C=O) groups excluding carboxylic acids is 1. The molecular formula is C13H20BrN3O. The minimum Gasteiger partial charge on any atom is -0.310 e. The standard InChI is InChI=1S/C13H20BrN3O/c1-3-17-12(13(14)9(2)16-17)6-11(18)8-15-7-10-4-5-10/h10,15H,3-8H2,1-2H3. The Bertz CT molecular complexity index is 438. The van der Waals surface area contributed by atoms with Crippen molar-refractivity contribution in [3.63, 3.8) is 0 Å². The molecular weight excluding hydrogens is 294 g/mol. The van der Waals surface area contributed by atoms with E-state index in [9.17, 15) is 4.79 Å². The average molecular weight is 314 g/mol. The Morgan fingerprint density at radius 2 is 2.28 bits per heavy atom. The van der Waals surface area contributed by atoms with E-state index in [0.717, 1.165) is 34.9 Å². The highest BCUT2D eigenvalue weighted by Crippen LogP contribution is 2.27. The summed E-state index contributed by atoms with van der Waals surface area (Å²) in [5.41, 5.74) is 1.94. The van der Waals surface area contributed by atoms with Crippen molar-refractivity contribution in [2.75, 3.05) is 13.1 Å². The summed E-state index contributed by atoms with van der Waals surface area (Å²) < 4.78 is 2.87. The van der Waals surface area contributed by atoms with E-state index in [2.05, 4.69) is 26.3 Å². The van der Waals surface area contributed by atoms with Gasteiger partial charge in [0.05, 0.1) is 28.8 Å². The van der Waals surface area contributed by atoms with Gasteiger partial charge < -0.3 is 5.32 Å². The van der Waals surface area contributed by atoms with Crippen molar-refractivity contribution in [2.24, 2.45) is 5.92 Å². The van der Waals surface area contributed by atoms with Crippen molar-refractivity contribution in [3.05, 3.63) is 15.9 Å². The van der Waals surface area contributed by atoms with Crippen LogP contribution in [-0.4, -0.2) is 28.7 Å². The zero-order valence-corrected chi connectivity index (χ0v) is 12.6. The molecule has 0 radical (unpaired) electrons. The molecule has 1 fully saturated rings. The quantitative estimate of drug-likeness (QED) is 0.838. The van der Waals surface area contributed by atoms with Crippen LogP contribution in [0.5, 0.6) is 0 Å². The fourth-order valence-electron chi connectivity index (χ4n) is 2.02. The van der Waals surface area contributed by atoms with Gasteiger partial charge in [-0.1, -0.05) is 0 Å². The molecule has 100 valence electrons. The van der Waals surface area contributed by atoms with Gasteiger partial charge in [-0.25, -0.2) is 0 Å². The van der Waals surface area contributed by atoms with Gasteiger partial charge in [0, 0.05) is 6.54 Å². The summed E-state index contributed by atoms with van der Waals surface area (Å²) in [5.74, 6) is 1.04. The molecule has 0 atom stereocenters. The number of ketones is 1. The summed E-state index contributed by atoms with van der Waals surface area (Å²) in [6.07, 6.45) is 3.08. The summed E-state index contributed by atoms with van der Waals surface area (Å²) in [6, 6.07) is 0. The lowest BCUT2D eigenvalue weighted by atomic mass is 10.2. The number of hydrogen-bond donors (Lipinski definition) is 1. The number of Topliss-reactive ketones (excluding diaryl/α,β-unsaturated/α-hetero) is 1. The highest BCUT2D eigenvalue weighted by molar-refractivity contribution is 9.10. The molecule has 0 spiro atoms. The van der Waals surface area contributed by atoms with Crippen molar-refractivity contribution < 1.29 is 4.79 Å². The van der Waals surface area contributed by atoms with E-state index in [1.807, 2.05) is 18.5 Å². The third-order valence-electron chi connectivity index (χ3n) is 3.27. The minimum absolute atomic E-state index is 0.228. The van der Waals surface area contributed by atoms with Crippen LogP contribution in [0.25, 0.3) is 0 Å². The molecule has 1 heterocycles. The number of aromatic nitrogens is 2. The average Bonchev–Trinajstić information content (AvgIpc) is 3.12. The number of aryl methyl sites for hydroxylation is 2. The third-order valence-corrected chi connectivity index (χ3v) is 4.30. The fourth-order valence-corrected chi connectivity index (χ4v) is 2.45. The maximum atomic E-state index is 11.9. The molecule has 0 unspecified atom stereocenters. The molecule has 1 saturated carbocycles. The molecule has 0 amide bonds. The smallest absolute Gasteiger partial charge is 0.152 e. The molecule has 1 aliphatic carbocycles. The van der Waals surface area contributed by atoms with Crippen LogP contribution in [0.1, 0.15) is 31.2 Å². The van der Waals surface area contributed by atoms with Gasteiger partial charge in [-0.3, -0.25) is 9.48 Å². The van der Waals surface area contributed by atoms with Gasteiger partial charge in [-0.15, -0.1) is 0 Å². The number of halogens is 1. The first kappa shape index (κ1) is 13.7. The molecule has 4 nitrogen and oxygen atoms in total. The number of nitrogens with zero attached hydrogens (tertiary/aromatic N) is 2. The highest BCUT2D eigenvalue weighted by atomic mass is 79.9. The second-order valence-corrected chi connectivity index (χ2v) is 5.74. The molecule has 1 N–H and O–H groups in total. The first-order chi connectivity index (χ1) is 8.61. The van der Waals surface area contributed by atoms with Crippen molar-refractivity contribution in [1.82, 2.24) is 15.1 Å². The van der Waals surface area contributed by atoms with Crippen LogP contribution in [0.2, 0.25) is 0 Å². The maximum absolute atomic E-state index is 11.9. The van der Waals surface area contributed by atoms with E-state index < -0.39 is 0 Å². The van der Waals surface area contributed by atoms with Gasteiger partial charge >= 0.3 is 0 Å². The van der Waals surface area contributed by atoms with Crippen LogP contribution >= 0.6 is 15.9 Å². The zero-order valence-electron chi connectivity index (χ0n) is 11.0. The molecule has 0 bridgehead atoms. The van der Waals surface area contributed by atoms with Crippen LogP contribution in [0, 0.1) is 12.8 Å². The molecule has 0 saturated heterocycles. The van der Waals surface area contributed by atoms with Crippen LogP contribution in [0.15, 0.2) is 4.47 Å². The number of nitrogens with one attached hydrogen (secondary N) is 1. The number of carbonyl (C=O) groups is 1. The predicted molar refractivity (Wildman–Crippen MR) is 74.6 cm³/mol. The van der Waals surface area contributed by atoms with Crippen molar-refractivity contribution in [1.29, 1.82) is 0 Å². The van der Waals surface area contributed by atoms with Gasteiger partial charge in [0.15, 0.2) is 5.78 Å². The Morgan fingerprint density at radius 3 is 2.89 bits per heavy atom. The Balaban J connectivity index is 1.88. The summed E-state index contributed by atoms with van der Waals surface area (Å²) in [5, 5.41) is 7.63. The van der Waals surface area contributed by atoms with Crippen molar-refractivity contribution >= 4 is 21.7 Å². The summed E-state index contributed by atoms with van der Waals surface area (Å²) in [6.45, 7) is 6.24. The normalized spacial score (nSPS) is 15.1. The highest BCUT2D eigenvalue weighted by Gasteiger charge is 2.21. The molecule has 1 aliphatic rings. The van der Waals surface area contributed by atoms with Gasteiger partial charge in [0.25, 0.3) is 0 Å². The Morgan fingerprint density at radius 1 is 1.56 bits per heavy atom. The molecule has 1 aromatic rings. The van der Waals surface area contributed by atoms with E-state index >= 15 is 0 Å². The van der Waals surface area contributed by atoms with Crippen LogP contribution in [0.4, 0.5) is 0 Å². The molecule has 2 rings (SSSR count). The van der Waals surface area contributed by atoms with Crippen molar-refractivity contribution in [2.45, 2.75) is 39.7 Å². The van der Waals surface area contributed by atoms with Gasteiger partial charge in [0.2, 0.25) is 0 Å². The summed E-state index contributed by atoms with van der Waals surface area (Å²) >= 11 is 3.52. The Labute approximate surface area is 116 Å². The largest absolute Gasteiger partial charge is 0.310 e. The number of hydrogen-bond acceptors (Lipinski definition) is 3. The van der Waals surface area contributed by atoms with E-state index in [1.54, 1.807) is 0 Å². The summed E-state index contributed by atoms with van der Waals surface area (Å²) in [4.78, 5) is 11.9. The second kappa shape index (κ2) is 5.97. The second-order valence-electron chi connectivity index (χ2n) is 4.95. The minimum atomic E-state index is 0.228. The summed E-state index contributed by atoms with van der Waals surface area (Å²) in [7, 11) is 0. The lowest BCUT2D eigenvalue weighted by Gasteiger charge is -2.06. The SMILES string of the molecule is CCn1nc(C)c(Br)c1CC(=O)CNCC1CC1. The maximum Gasteiger partial charge on any atom is 0.152 e. The van der Waals surface area contributed by atoms with E-state index in [0.29, 0.717) is 13.0 Å².